The Kier molecular flexibility index (Phi) is 3.52. The van der Waals surface area contributed by atoms with Crippen LogP contribution < -0.4 is 4.72 Å². The zero-order valence-corrected chi connectivity index (χ0v) is 13.6. The Morgan fingerprint density at radius 2 is 2.10 bits per heavy atom. The minimum Gasteiger partial charge on any atom is -0.361 e. The zero-order chi connectivity index (χ0) is 15.3. The van der Waals surface area contributed by atoms with Gasteiger partial charge in [-0.25, -0.2) is 4.72 Å². The van der Waals surface area contributed by atoms with E-state index in [1.807, 2.05) is 24.4 Å². The molecule has 1 heterocycles. The average Bonchev–Trinajstić information content (AvgIpc) is 3.09. The van der Waals surface area contributed by atoms with Gasteiger partial charge in [-0.1, -0.05) is 17.7 Å². The van der Waals surface area contributed by atoms with Gasteiger partial charge in [-0.3, -0.25) is 0 Å². The lowest BCUT2D eigenvalue weighted by atomic mass is 9.96. The maximum atomic E-state index is 11.9. The largest absolute Gasteiger partial charge is 0.361 e. The summed E-state index contributed by atoms with van der Waals surface area (Å²) in [5.74, 6) is 0. The van der Waals surface area contributed by atoms with Gasteiger partial charge in [-0.2, -0.15) is 12.7 Å². The predicted octanol–water partition coefficient (Wildman–Crippen LogP) is 2.25. The van der Waals surface area contributed by atoms with Gasteiger partial charge >= 0.3 is 0 Å². The number of rotatable bonds is 5. The third-order valence-electron chi connectivity index (χ3n) is 4.14. The van der Waals surface area contributed by atoms with E-state index in [-0.39, 0.29) is 5.41 Å². The fraction of sp³-hybridized carbons (Fsp3) is 0.429. The summed E-state index contributed by atoms with van der Waals surface area (Å²) in [5, 5.41) is 1.80. The van der Waals surface area contributed by atoms with Crippen LogP contribution in [0, 0.1) is 0 Å². The molecule has 7 heteroatoms. The third kappa shape index (κ3) is 2.68. The average molecular weight is 328 g/mol. The quantitative estimate of drug-likeness (QED) is 0.884. The van der Waals surface area contributed by atoms with Crippen LogP contribution in [0.5, 0.6) is 0 Å². The Balaban J connectivity index is 1.88. The maximum absolute atomic E-state index is 11.9. The van der Waals surface area contributed by atoms with Gasteiger partial charge in [-0.05, 0) is 30.5 Å². The summed E-state index contributed by atoms with van der Waals surface area (Å²) < 4.78 is 27.6. The van der Waals surface area contributed by atoms with Gasteiger partial charge in [0, 0.05) is 48.2 Å². The van der Waals surface area contributed by atoms with Crippen molar-refractivity contribution in [2.24, 2.45) is 0 Å². The molecule has 0 spiro atoms. The predicted molar refractivity (Wildman–Crippen MR) is 84.8 cm³/mol. The smallest absolute Gasteiger partial charge is 0.278 e. The summed E-state index contributed by atoms with van der Waals surface area (Å²) in [7, 11) is -0.344. The summed E-state index contributed by atoms with van der Waals surface area (Å²) in [6.45, 7) is 0.420. The first-order chi connectivity index (χ1) is 9.84. The molecule has 0 saturated heterocycles. The second kappa shape index (κ2) is 4.98. The third-order valence-corrected chi connectivity index (χ3v) is 5.85. The van der Waals surface area contributed by atoms with Crippen molar-refractivity contribution >= 4 is 32.7 Å². The van der Waals surface area contributed by atoms with E-state index in [0.29, 0.717) is 11.6 Å². The molecular formula is C14H18ClN3O2S. The van der Waals surface area contributed by atoms with E-state index in [1.54, 1.807) is 0 Å². The Morgan fingerprint density at radius 1 is 1.38 bits per heavy atom. The van der Waals surface area contributed by atoms with E-state index in [9.17, 15) is 8.42 Å². The van der Waals surface area contributed by atoms with E-state index in [0.717, 1.165) is 29.3 Å². The maximum Gasteiger partial charge on any atom is 0.278 e. The van der Waals surface area contributed by atoms with Crippen molar-refractivity contribution in [2.45, 2.75) is 18.3 Å². The standard InChI is InChI=1S/C14H18ClN3O2S/c1-18(2)21(19,20)17-9-14(5-6-14)12-8-16-13-7-10(15)3-4-11(12)13/h3-4,7-8,16-17H,5-6,9H2,1-2H3. The fourth-order valence-corrected chi connectivity index (χ4v) is 3.48. The van der Waals surface area contributed by atoms with E-state index < -0.39 is 10.2 Å². The lowest BCUT2D eigenvalue weighted by Gasteiger charge is -2.18. The molecule has 5 nitrogen and oxygen atoms in total. The molecule has 1 aliphatic rings. The van der Waals surface area contributed by atoms with E-state index in [2.05, 4.69) is 9.71 Å². The van der Waals surface area contributed by atoms with Crippen LogP contribution in [-0.4, -0.2) is 38.3 Å². The normalized spacial score (nSPS) is 17.5. The van der Waals surface area contributed by atoms with Crippen molar-refractivity contribution in [3.63, 3.8) is 0 Å². The molecule has 3 rings (SSSR count). The summed E-state index contributed by atoms with van der Waals surface area (Å²) in [5.41, 5.74) is 2.05. The molecule has 114 valence electrons. The molecule has 0 unspecified atom stereocenters. The lowest BCUT2D eigenvalue weighted by molar-refractivity contribution is 0.498. The molecule has 1 fully saturated rings. The van der Waals surface area contributed by atoms with Gasteiger partial charge in [0.1, 0.15) is 0 Å². The molecule has 0 aliphatic heterocycles. The van der Waals surface area contributed by atoms with Crippen molar-refractivity contribution in [3.8, 4) is 0 Å². The molecule has 0 amide bonds. The van der Waals surface area contributed by atoms with Crippen LogP contribution in [0.25, 0.3) is 10.9 Å². The number of H-pyrrole nitrogens is 1. The number of halogens is 1. The van der Waals surface area contributed by atoms with Gasteiger partial charge in [-0.15, -0.1) is 0 Å². The topological polar surface area (TPSA) is 65.2 Å². The van der Waals surface area contributed by atoms with Gasteiger partial charge in [0.25, 0.3) is 10.2 Å². The van der Waals surface area contributed by atoms with Crippen molar-refractivity contribution < 1.29 is 8.42 Å². The van der Waals surface area contributed by atoms with Crippen LogP contribution in [0.4, 0.5) is 0 Å². The number of nitrogens with zero attached hydrogens (tertiary/aromatic N) is 1. The summed E-state index contributed by atoms with van der Waals surface area (Å²) >= 11 is 6.00. The van der Waals surface area contributed by atoms with E-state index in [1.165, 1.54) is 18.4 Å². The molecule has 2 aromatic rings. The highest BCUT2D eigenvalue weighted by atomic mass is 35.5. The second-order valence-electron chi connectivity index (χ2n) is 5.78. The molecule has 1 aliphatic carbocycles. The van der Waals surface area contributed by atoms with Crippen molar-refractivity contribution in [3.05, 3.63) is 35.0 Å². The summed E-state index contributed by atoms with van der Waals surface area (Å²) in [6, 6.07) is 5.74. The number of fused-ring (bicyclic) bond motifs is 1. The summed E-state index contributed by atoms with van der Waals surface area (Å²) in [4.78, 5) is 3.22. The van der Waals surface area contributed by atoms with Crippen molar-refractivity contribution in [2.75, 3.05) is 20.6 Å². The van der Waals surface area contributed by atoms with Gasteiger partial charge in [0.2, 0.25) is 0 Å². The monoisotopic (exact) mass is 327 g/mol. The minimum atomic E-state index is -3.39. The van der Waals surface area contributed by atoms with Crippen LogP contribution in [0.15, 0.2) is 24.4 Å². The molecule has 0 radical (unpaired) electrons. The van der Waals surface area contributed by atoms with Crippen molar-refractivity contribution in [1.82, 2.24) is 14.0 Å². The number of hydrogen-bond acceptors (Lipinski definition) is 2. The molecule has 1 saturated carbocycles. The molecule has 0 bridgehead atoms. The number of aromatic nitrogens is 1. The molecule has 2 N–H and O–H groups in total. The van der Waals surface area contributed by atoms with Gasteiger partial charge in [0.05, 0.1) is 0 Å². The van der Waals surface area contributed by atoms with Gasteiger partial charge < -0.3 is 4.98 Å². The zero-order valence-electron chi connectivity index (χ0n) is 12.0. The number of aromatic amines is 1. The van der Waals surface area contributed by atoms with E-state index >= 15 is 0 Å². The first kappa shape index (κ1) is 14.8. The van der Waals surface area contributed by atoms with Crippen LogP contribution in [-0.2, 0) is 15.6 Å². The van der Waals surface area contributed by atoms with E-state index in [4.69, 9.17) is 11.6 Å². The highest BCUT2D eigenvalue weighted by Gasteiger charge is 2.46. The first-order valence-corrected chi connectivity index (χ1v) is 8.60. The highest BCUT2D eigenvalue weighted by molar-refractivity contribution is 7.87. The van der Waals surface area contributed by atoms with Crippen LogP contribution >= 0.6 is 11.6 Å². The van der Waals surface area contributed by atoms with Gasteiger partial charge in [0.15, 0.2) is 0 Å². The number of benzene rings is 1. The molecule has 1 aromatic carbocycles. The van der Waals surface area contributed by atoms with Crippen LogP contribution in [0.1, 0.15) is 18.4 Å². The number of nitrogens with one attached hydrogen (secondary N) is 2. The van der Waals surface area contributed by atoms with Crippen molar-refractivity contribution in [1.29, 1.82) is 0 Å². The summed E-state index contributed by atoms with van der Waals surface area (Å²) in [6.07, 6.45) is 3.94. The lowest BCUT2D eigenvalue weighted by Crippen LogP contribution is -2.39. The Morgan fingerprint density at radius 3 is 2.71 bits per heavy atom. The fourth-order valence-electron chi connectivity index (χ4n) is 2.59. The first-order valence-electron chi connectivity index (χ1n) is 6.78. The Labute approximate surface area is 129 Å². The molecule has 0 atom stereocenters. The molecule has 1 aromatic heterocycles. The Hall–Kier alpha value is -1.08. The minimum absolute atomic E-state index is 0.102. The molecule has 21 heavy (non-hydrogen) atoms. The Bertz CT molecular complexity index is 779. The second-order valence-corrected chi connectivity index (χ2v) is 8.19. The van der Waals surface area contributed by atoms with Crippen LogP contribution in [0.2, 0.25) is 5.02 Å². The number of hydrogen-bond donors (Lipinski definition) is 2. The molecular weight excluding hydrogens is 310 g/mol. The SMILES string of the molecule is CN(C)S(=O)(=O)NCC1(c2c[nH]c3cc(Cl)ccc23)CC1. The highest BCUT2D eigenvalue weighted by Crippen LogP contribution is 2.50. The van der Waals surface area contributed by atoms with Crippen LogP contribution in [0.3, 0.4) is 0 Å².